The topological polar surface area (TPSA) is 94.0 Å². The minimum atomic E-state index is -0.533. The van der Waals surface area contributed by atoms with Gasteiger partial charge in [0.05, 0.1) is 17.8 Å². The SMILES string of the molecule is NC(=O)c1cc(NCc2ccccn2)ccc1N. The molecule has 0 unspecified atom stereocenters. The summed E-state index contributed by atoms with van der Waals surface area (Å²) in [5.41, 5.74) is 13.3. The molecule has 0 aliphatic carbocycles. The van der Waals surface area contributed by atoms with Crippen LogP contribution in [0, 0.1) is 0 Å². The molecule has 0 radical (unpaired) electrons. The van der Waals surface area contributed by atoms with E-state index in [4.69, 9.17) is 11.5 Å². The Kier molecular flexibility index (Phi) is 3.43. The summed E-state index contributed by atoms with van der Waals surface area (Å²) in [5, 5.41) is 3.16. The van der Waals surface area contributed by atoms with Crippen LogP contribution in [-0.2, 0) is 6.54 Å². The average molecular weight is 242 g/mol. The van der Waals surface area contributed by atoms with Gasteiger partial charge in [-0.1, -0.05) is 6.07 Å². The van der Waals surface area contributed by atoms with Crippen LogP contribution in [0.3, 0.4) is 0 Å². The number of nitrogen functional groups attached to an aromatic ring is 1. The van der Waals surface area contributed by atoms with Crippen LogP contribution >= 0.6 is 0 Å². The molecular formula is C13H14N4O. The van der Waals surface area contributed by atoms with E-state index in [0.29, 0.717) is 17.8 Å². The monoisotopic (exact) mass is 242 g/mol. The maximum Gasteiger partial charge on any atom is 0.250 e. The van der Waals surface area contributed by atoms with Crippen LogP contribution in [0.25, 0.3) is 0 Å². The number of rotatable bonds is 4. The number of primary amides is 1. The van der Waals surface area contributed by atoms with Crippen LogP contribution in [0.1, 0.15) is 16.1 Å². The van der Waals surface area contributed by atoms with Crippen molar-refractivity contribution >= 4 is 17.3 Å². The largest absolute Gasteiger partial charge is 0.398 e. The first kappa shape index (κ1) is 11.9. The highest BCUT2D eigenvalue weighted by Gasteiger charge is 2.06. The number of benzene rings is 1. The summed E-state index contributed by atoms with van der Waals surface area (Å²) in [6, 6.07) is 10.8. The third-order valence-electron chi connectivity index (χ3n) is 2.52. The highest BCUT2D eigenvalue weighted by atomic mass is 16.1. The van der Waals surface area contributed by atoms with Gasteiger partial charge in [-0.2, -0.15) is 0 Å². The van der Waals surface area contributed by atoms with Gasteiger partial charge in [-0.05, 0) is 30.3 Å². The molecule has 5 N–H and O–H groups in total. The van der Waals surface area contributed by atoms with E-state index < -0.39 is 5.91 Å². The van der Waals surface area contributed by atoms with Gasteiger partial charge >= 0.3 is 0 Å². The van der Waals surface area contributed by atoms with Gasteiger partial charge in [0.25, 0.3) is 5.91 Å². The molecule has 92 valence electrons. The molecule has 0 spiro atoms. The van der Waals surface area contributed by atoms with E-state index in [0.717, 1.165) is 11.4 Å². The van der Waals surface area contributed by atoms with Gasteiger partial charge in [-0.15, -0.1) is 0 Å². The van der Waals surface area contributed by atoms with Crippen LogP contribution in [0.15, 0.2) is 42.6 Å². The first-order valence-corrected chi connectivity index (χ1v) is 5.50. The van der Waals surface area contributed by atoms with E-state index in [1.807, 2.05) is 18.2 Å². The normalized spacial score (nSPS) is 10.0. The van der Waals surface area contributed by atoms with Crippen LogP contribution in [0.4, 0.5) is 11.4 Å². The van der Waals surface area contributed by atoms with Crippen molar-refractivity contribution in [3.8, 4) is 0 Å². The van der Waals surface area contributed by atoms with Gasteiger partial charge in [-0.3, -0.25) is 9.78 Å². The third-order valence-corrected chi connectivity index (χ3v) is 2.52. The fourth-order valence-electron chi connectivity index (χ4n) is 1.57. The first-order valence-electron chi connectivity index (χ1n) is 5.50. The smallest absolute Gasteiger partial charge is 0.250 e. The van der Waals surface area contributed by atoms with Crippen molar-refractivity contribution in [1.82, 2.24) is 4.98 Å². The van der Waals surface area contributed by atoms with E-state index >= 15 is 0 Å². The Bertz CT molecular complexity index is 554. The van der Waals surface area contributed by atoms with Crippen LogP contribution in [0.5, 0.6) is 0 Å². The van der Waals surface area contributed by atoms with Crippen molar-refractivity contribution in [2.45, 2.75) is 6.54 Å². The Hall–Kier alpha value is -2.56. The zero-order valence-electron chi connectivity index (χ0n) is 9.76. The van der Waals surface area contributed by atoms with Crippen molar-refractivity contribution in [2.75, 3.05) is 11.1 Å². The lowest BCUT2D eigenvalue weighted by molar-refractivity contribution is 0.100. The predicted octanol–water partition coefficient (Wildman–Crippen LogP) is 1.37. The fourth-order valence-corrected chi connectivity index (χ4v) is 1.57. The maximum atomic E-state index is 11.2. The number of carbonyl (C=O) groups is 1. The van der Waals surface area contributed by atoms with Gasteiger partial charge in [0.2, 0.25) is 0 Å². The summed E-state index contributed by atoms with van der Waals surface area (Å²) in [6.45, 7) is 0.572. The maximum absolute atomic E-state index is 11.2. The average Bonchev–Trinajstić information content (AvgIpc) is 2.38. The highest BCUT2D eigenvalue weighted by molar-refractivity contribution is 5.98. The molecule has 0 saturated heterocycles. The minimum absolute atomic E-state index is 0.320. The Balaban J connectivity index is 2.11. The summed E-state index contributed by atoms with van der Waals surface area (Å²) in [6.07, 6.45) is 1.73. The molecule has 18 heavy (non-hydrogen) atoms. The van der Waals surface area contributed by atoms with Crippen molar-refractivity contribution in [1.29, 1.82) is 0 Å². The number of hydrogen-bond acceptors (Lipinski definition) is 4. The summed E-state index contributed by atoms with van der Waals surface area (Å²) >= 11 is 0. The Morgan fingerprint density at radius 3 is 2.78 bits per heavy atom. The van der Waals surface area contributed by atoms with Crippen molar-refractivity contribution in [3.63, 3.8) is 0 Å². The van der Waals surface area contributed by atoms with Gasteiger partial charge in [0.1, 0.15) is 0 Å². The molecule has 2 aromatic rings. The second kappa shape index (κ2) is 5.18. The third kappa shape index (κ3) is 2.76. The Morgan fingerprint density at radius 2 is 2.11 bits per heavy atom. The number of pyridine rings is 1. The number of amides is 1. The molecule has 1 heterocycles. The van der Waals surface area contributed by atoms with E-state index in [1.165, 1.54) is 0 Å². The molecule has 0 aliphatic heterocycles. The Labute approximate surface area is 105 Å². The summed E-state index contributed by atoms with van der Waals surface area (Å²) in [5.74, 6) is -0.533. The van der Waals surface area contributed by atoms with Crippen LogP contribution < -0.4 is 16.8 Å². The van der Waals surface area contributed by atoms with Crippen molar-refractivity contribution in [3.05, 3.63) is 53.9 Å². The van der Waals surface area contributed by atoms with E-state index in [-0.39, 0.29) is 0 Å². The number of aromatic nitrogens is 1. The van der Waals surface area contributed by atoms with E-state index in [9.17, 15) is 4.79 Å². The zero-order valence-corrected chi connectivity index (χ0v) is 9.76. The number of nitrogens with zero attached hydrogens (tertiary/aromatic N) is 1. The van der Waals surface area contributed by atoms with Crippen molar-refractivity contribution < 1.29 is 4.79 Å². The van der Waals surface area contributed by atoms with Gasteiger partial charge < -0.3 is 16.8 Å². The molecule has 2 rings (SSSR count). The van der Waals surface area contributed by atoms with Gasteiger partial charge in [-0.25, -0.2) is 0 Å². The second-order valence-corrected chi connectivity index (χ2v) is 3.84. The molecule has 5 nitrogen and oxygen atoms in total. The minimum Gasteiger partial charge on any atom is -0.398 e. The lowest BCUT2D eigenvalue weighted by Crippen LogP contribution is -2.14. The lowest BCUT2D eigenvalue weighted by atomic mass is 10.1. The molecule has 0 atom stereocenters. The number of nitrogens with two attached hydrogens (primary N) is 2. The first-order chi connectivity index (χ1) is 8.66. The second-order valence-electron chi connectivity index (χ2n) is 3.84. The molecular weight excluding hydrogens is 228 g/mol. The number of carbonyl (C=O) groups excluding carboxylic acids is 1. The molecule has 0 saturated carbocycles. The molecule has 1 amide bonds. The Morgan fingerprint density at radius 1 is 1.28 bits per heavy atom. The highest BCUT2D eigenvalue weighted by Crippen LogP contribution is 2.17. The summed E-state index contributed by atoms with van der Waals surface area (Å²) in [7, 11) is 0. The van der Waals surface area contributed by atoms with E-state index in [2.05, 4.69) is 10.3 Å². The molecule has 0 bridgehead atoms. The van der Waals surface area contributed by atoms with Gasteiger partial charge in [0.15, 0.2) is 0 Å². The number of nitrogens with one attached hydrogen (secondary N) is 1. The zero-order chi connectivity index (χ0) is 13.0. The summed E-state index contributed by atoms with van der Waals surface area (Å²) in [4.78, 5) is 15.3. The lowest BCUT2D eigenvalue weighted by Gasteiger charge is -2.08. The van der Waals surface area contributed by atoms with Crippen LogP contribution in [-0.4, -0.2) is 10.9 Å². The molecule has 0 aliphatic rings. The molecule has 1 aromatic carbocycles. The molecule has 1 aromatic heterocycles. The number of anilines is 2. The van der Waals surface area contributed by atoms with Gasteiger partial charge in [0, 0.05) is 17.6 Å². The fraction of sp³-hybridized carbons (Fsp3) is 0.0769. The number of hydrogen-bond donors (Lipinski definition) is 3. The van der Waals surface area contributed by atoms with E-state index in [1.54, 1.807) is 24.4 Å². The molecule has 5 heteroatoms. The summed E-state index contributed by atoms with van der Waals surface area (Å²) < 4.78 is 0. The van der Waals surface area contributed by atoms with Crippen LogP contribution in [0.2, 0.25) is 0 Å². The predicted molar refractivity (Wildman–Crippen MR) is 70.9 cm³/mol. The standard InChI is InChI=1S/C13H14N4O/c14-12-5-4-9(7-11(12)13(15)18)17-8-10-3-1-2-6-16-10/h1-7,17H,8,14H2,(H2,15,18). The molecule has 0 fully saturated rings. The quantitative estimate of drug-likeness (QED) is 0.706. The van der Waals surface area contributed by atoms with Crippen molar-refractivity contribution in [2.24, 2.45) is 5.73 Å².